The predicted molar refractivity (Wildman–Crippen MR) is 191 cm³/mol. The number of halogens is 1. The molecule has 1 saturated heterocycles. The molecular formula is C38H47ClN4OS. The molecule has 238 valence electrons. The lowest BCUT2D eigenvalue weighted by Crippen LogP contribution is -2.33. The zero-order valence-electron chi connectivity index (χ0n) is 26.9. The molecule has 1 aliphatic carbocycles. The summed E-state index contributed by atoms with van der Waals surface area (Å²) in [5, 5.41) is 0.800. The maximum atomic E-state index is 6.88. The van der Waals surface area contributed by atoms with Gasteiger partial charge >= 0.3 is 0 Å². The Bertz CT molecular complexity index is 1460. The third-order valence-electron chi connectivity index (χ3n) is 9.78. The first-order chi connectivity index (χ1) is 22.0. The minimum Gasteiger partial charge on any atom is -0.423 e. The average molecular weight is 643 g/mol. The summed E-state index contributed by atoms with van der Waals surface area (Å²) >= 11 is 8.26. The summed E-state index contributed by atoms with van der Waals surface area (Å²) < 4.78 is 6.88. The number of nitrogens with zero attached hydrogens (tertiary/aromatic N) is 4. The minimum atomic E-state index is 0.0669. The van der Waals surface area contributed by atoms with Crippen LogP contribution < -0.4 is 9.80 Å². The second kappa shape index (κ2) is 15.1. The fourth-order valence-electron chi connectivity index (χ4n) is 7.40. The Labute approximate surface area is 279 Å². The molecule has 0 radical (unpaired) electrons. The zero-order valence-corrected chi connectivity index (χ0v) is 28.5. The smallest absolute Gasteiger partial charge is 0.220 e. The van der Waals surface area contributed by atoms with E-state index >= 15 is 0 Å². The first-order valence-electron chi connectivity index (χ1n) is 16.5. The van der Waals surface area contributed by atoms with Crippen LogP contribution in [-0.4, -0.2) is 55.6 Å². The number of aromatic nitrogens is 1. The van der Waals surface area contributed by atoms with Crippen LogP contribution in [0.2, 0.25) is 5.02 Å². The second-order valence-electron chi connectivity index (χ2n) is 13.0. The molecule has 6 rings (SSSR count). The van der Waals surface area contributed by atoms with Gasteiger partial charge in [-0.1, -0.05) is 85.1 Å². The number of thioether (sulfide) groups is 1. The van der Waals surface area contributed by atoms with Crippen molar-refractivity contribution in [2.24, 2.45) is 11.8 Å². The molecule has 3 aromatic carbocycles. The van der Waals surface area contributed by atoms with Crippen LogP contribution >= 0.6 is 23.4 Å². The van der Waals surface area contributed by atoms with Crippen LogP contribution in [0.1, 0.15) is 66.9 Å². The van der Waals surface area contributed by atoms with Crippen molar-refractivity contribution in [3.05, 3.63) is 113 Å². The van der Waals surface area contributed by atoms with E-state index in [1.54, 1.807) is 0 Å². The summed E-state index contributed by atoms with van der Waals surface area (Å²) in [5.74, 6) is 5.33. The van der Waals surface area contributed by atoms with Crippen LogP contribution in [-0.2, 0) is 6.42 Å². The summed E-state index contributed by atoms with van der Waals surface area (Å²) in [6.45, 7) is 2.01. The van der Waals surface area contributed by atoms with Crippen molar-refractivity contribution in [3.8, 4) is 0 Å². The van der Waals surface area contributed by atoms with Crippen molar-refractivity contribution in [1.29, 1.82) is 0 Å². The van der Waals surface area contributed by atoms with Gasteiger partial charge in [0.15, 0.2) is 0 Å². The molecule has 5 nitrogen and oxygen atoms in total. The van der Waals surface area contributed by atoms with Crippen LogP contribution in [0.4, 0.5) is 11.6 Å². The third kappa shape index (κ3) is 7.90. The summed E-state index contributed by atoms with van der Waals surface area (Å²) in [5.41, 5.74) is 4.90. The van der Waals surface area contributed by atoms with E-state index in [1.165, 1.54) is 42.5 Å². The number of oxazole rings is 1. The van der Waals surface area contributed by atoms with Gasteiger partial charge in [0.05, 0.1) is 0 Å². The summed E-state index contributed by atoms with van der Waals surface area (Å²) in [4.78, 5) is 12.5. The van der Waals surface area contributed by atoms with Gasteiger partial charge in [-0.3, -0.25) is 0 Å². The SMILES string of the molecule is CN(C)C(c1ccc(Cl)cc1)C1CCC(CC(c2nc(Cc3ccccc3)c(N3CCSCC3)o2)N(C)c2ccccc2)CC1. The summed E-state index contributed by atoms with van der Waals surface area (Å²) in [6, 6.07) is 30.4. The van der Waals surface area contributed by atoms with Crippen molar-refractivity contribution in [2.75, 3.05) is 55.5 Å². The highest BCUT2D eigenvalue weighted by atomic mass is 35.5. The Kier molecular flexibility index (Phi) is 10.8. The molecular weight excluding hydrogens is 596 g/mol. The van der Waals surface area contributed by atoms with E-state index in [4.69, 9.17) is 21.0 Å². The number of anilines is 2. The Hall–Kier alpha value is -2.93. The quantitative estimate of drug-likeness (QED) is 0.162. The van der Waals surface area contributed by atoms with E-state index in [9.17, 15) is 0 Å². The maximum absolute atomic E-state index is 6.88. The minimum absolute atomic E-state index is 0.0669. The van der Waals surface area contributed by atoms with E-state index in [0.29, 0.717) is 17.9 Å². The average Bonchev–Trinajstić information content (AvgIpc) is 3.49. The van der Waals surface area contributed by atoms with Crippen molar-refractivity contribution < 1.29 is 4.42 Å². The number of rotatable bonds is 11. The van der Waals surface area contributed by atoms with E-state index in [0.717, 1.165) is 59.9 Å². The molecule has 1 aliphatic heterocycles. The first kappa shape index (κ1) is 32.0. The van der Waals surface area contributed by atoms with Crippen molar-refractivity contribution in [2.45, 2.75) is 50.6 Å². The lowest BCUT2D eigenvalue weighted by molar-refractivity contribution is 0.142. The Morgan fingerprint density at radius 1 is 0.867 bits per heavy atom. The molecule has 4 aromatic rings. The molecule has 0 N–H and O–H groups in total. The molecule has 45 heavy (non-hydrogen) atoms. The largest absolute Gasteiger partial charge is 0.423 e. The highest BCUT2D eigenvalue weighted by Crippen LogP contribution is 2.44. The van der Waals surface area contributed by atoms with Crippen molar-refractivity contribution in [1.82, 2.24) is 9.88 Å². The molecule has 1 aromatic heterocycles. The number of para-hydroxylation sites is 1. The van der Waals surface area contributed by atoms with Gasteiger partial charge in [0.1, 0.15) is 11.7 Å². The highest BCUT2D eigenvalue weighted by molar-refractivity contribution is 7.99. The molecule has 0 amide bonds. The topological polar surface area (TPSA) is 35.8 Å². The first-order valence-corrected chi connectivity index (χ1v) is 18.1. The molecule has 0 spiro atoms. The van der Waals surface area contributed by atoms with Gasteiger partial charge in [0.25, 0.3) is 0 Å². The molecule has 2 heterocycles. The second-order valence-corrected chi connectivity index (χ2v) is 14.7. The molecule has 2 aliphatic rings. The molecule has 1 saturated carbocycles. The Morgan fingerprint density at radius 2 is 1.51 bits per heavy atom. The molecule has 0 bridgehead atoms. The van der Waals surface area contributed by atoms with Crippen molar-refractivity contribution >= 4 is 34.9 Å². The van der Waals surface area contributed by atoms with E-state index in [2.05, 4.69) is 109 Å². The van der Waals surface area contributed by atoms with Crippen LogP contribution in [0, 0.1) is 11.8 Å². The van der Waals surface area contributed by atoms with Gasteiger partial charge < -0.3 is 19.1 Å². The molecule has 2 fully saturated rings. The predicted octanol–water partition coefficient (Wildman–Crippen LogP) is 9.15. The van der Waals surface area contributed by atoms with Gasteiger partial charge in [-0.05, 0) is 80.6 Å². The standard InChI is InChI=1S/C38H47ClN4OS/c1-41(2)36(31-18-20-32(39)21-19-31)30-16-14-29(15-17-30)27-35(42(3)33-12-8-5-9-13-33)37-40-34(26-28-10-6-4-7-11-28)38(44-37)43-22-24-45-25-23-43/h4-13,18-21,29-30,35-36H,14-17,22-27H2,1-3H3. The highest BCUT2D eigenvalue weighted by Gasteiger charge is 2.34. The van der Waals surface area contributed by atoms with E-state index in [-0.39, 0.29) is 6.04 Å². The fourth-order valence-corrected chi connectivity index (χ4v) is 8.43. The number of hydrogen-bond donors (Lipinski definition) is 0. The Balaban J connectivity index is 1.25. The van der Waals surface area contributed by atoms with Crippen LogP contribution in [0.25, 0.3) is 0 Å². The molecule has 7 heteroatoms. The van der Waals surface area contributed by atoms with Gasteiger partial charge in [-0.25, -0.2) is 4.98 Å². The lowest BCUT2D eigenvalue weighted by Gasteiger charge is -2.39. The maximum Gasteiger partial charge on any atom is 0.220 e. The third-order valence-corrected chi connectivity index (χ3v) is 11.0. The zero-order chi connectivity index (χ0) is 31.2. The van der Waals surface area contributed by atoms with Gasteiger partial charge in [0, 0.05) is 54.8 Å². The van der Waals surface area contributed by atoms with Crippen LogP contribution in [0.5, 0.6) is 0 Å². The van der Waals surface area contributed by atoms with Crippen LogP contribution in [0.15, 0.2) is 89.3 Å². The Morgan fingerprint density at radius 3 is 2.16 bits per heavy atom. The van der Waals surface area contributed by atoms with Gasteiger partial charge in [-0.15, -0.1) is 0 Å². The van der Waals surface area contributed by atoms with Gasteiger partial charge in [-0.2, -0.15) is 11.8 Å². The number of hydrogen-bond acceptors (Lipinski definition) is 6. The molecule has 2 unspecified atom stereocenters. The van der Waals surface area contributed by atoms with Crippen molar-refractivity contribution in [3.63, 3.8) is 0 Å². The fraction of sp³-hybridized carbons (Fsp3) is 0.447. The normalized spacial score (nSPS) is 20.2. The van der Waals surface area contributed by atoms with E-state index < -0.39 is 0 Å². The summed E-state index contributed by atoms with van der Waals surface area (Å²) in [6.07, 6.45) is 6.70. The summed E-state index contributed by atoms with van der Waals surface area (Å²) in [7, 11) is 6.64. The lowest BCUT2D eigenvalue weighted by atomic mass is 9.74. The van der Waals surface area contributed by atoms with E-state index in [1.807, 2.05) is 23.9 Å². The molecule has 2 atom stereocenters. The van der Waals surface area contributed by atoms with Crippen LogP contribution in [0.3, 0.4) is 0 Å². The number of benzene rings is 3. The monoisotopic (exact) mass is 642 g/mol. The van der Waals surface area contributed by atoms with Gasteiger partial charge in [0.2, 0.25) is 11.8 Å².